The van der Waals surface area contributed by atoms with Gasteiger partial charge in [0, 0.05) is 6.54 Å². The van der Waals surface area contributed by atoms with Gasteiger partial charge in [0.05, 0.1) is 24.2 Å². The fourth-order valence-electron chi connectivity index (χ4n) is 3.28. The Labute approximate surface area is 145 Å². The lowest BCUT2D eigenvalue weighted by Gasteiger charge is -2.32. The van der Waals surface area contributed by atoms with Gasteiger partial charge in [0.1, 0.15) is 17.2 Å². The number of aryl methyl sites for hydroxylation is 2. The average molecular weight is 340 g/mol. The van der Waals surface area contributed by atoms with Crippen molar-refractivity contribution in [2.75, 3.05) is 18.6 Å². The van der Waals surface area contributed by atoms with Crippen molar-refractivity contribution in [1.82, 2.24) is 4.98 Å². The molecule has 3 aromatic rings. The van der Waals surface area contributed by atoms with Gasteiger partial charge in [-0.1, -0.05) is 18.2 Å². The maximum Gasteiger partial charge on any atom is 0.236 e. The van der Waals surface area contributed by atoms with Crippen LogP contribution in [0.5, 0.6) is 5.75 Å². The number of benzene rings is 1. The number of hydrogen-bond donors (Lipinski definition) is 0. The molecule has 0 saturated heterocycles. The number of thiophene rings is 1. The van der Waals surface area contributed by atoms with Gasteiger partial charge in [-0.3, -0.25) is 0 Å². The lowest BCUT2D eigenvalue weighted by atomic mass is 10.0. The Morgan fingerprint density at radius 1 is 1.29 bits per heavy atom. The Kier molecular flexibility index (Phi) is 4.02. The van der Waals surface area contributed by atoms with Crippen LogP contribution in [0.3, 0.4) is 0 Å². The number of hydrogen-bond acceptors (Lipinski definition) is 5. The number of para-hydroxylation sites is 1. The molecule has 0 saturated carbocycles. The minimum absolute atomic E-state index is 0.717. The lowest BCUT2D eigenvalue weighted by Crippen LogP contribution is -2.29. The maximum absolute atomic E-state index is 5.89. The summed E-state index contributed by atoms with van der Waals surface area (Å²) in [6.07, 6.45) is 2.25. The molecule has 4 rings (SSSR count). The highest BCUT2D eigenvalue weighted by atomic mass is 32.1. The molecular weight excluding hydrogens is 320 g/mol. The van der Waals surface area contributed by atoms with E-state index in [0.717, 1.165) is 53.9 Å². The van der Waals surface area contributed by atoms with E-state index in [9.17, 15) is 0 Å². The van der Waals surface area contributed by atoms with Crippen LogP contribution < -0.4 is 9.64 Å². The summed E-state index contributed by atoms with van der Waals surface area (Å²) in [5.41, 5.74) is 3.55. The van der Waals surface area contributed by atoms with E-state index in [4.69, 9.17) is 14.1 Å². The fraction of sp³-hybridized carbons (Fsp3) is 0.316. The molecule has 0 radical (unpaired) electrons. The summed E-state index contributed by atoms with van der Waals surface area (Å²) in [5, 5.41) is 2.04. The molecule has 4 nitrogen and oxygen atoms in total. The van der Waals surface area contributed by atoms with Gasteiger partial charge >= 0.3 is 0 Å². The molecule has 2 aromatic heterocycles. The molecular formula is C19H20N2O2S. The number of anilines is 1. The highest BCUT2D eigenvalue weighted by Crippen LogP contribution is 2.37. The van der Waals surface area contributed by atoms with E-state index in [0.29, 0.717) is 0 Å². The standard InChI is InChI=1S/C19H20N2O2S/c1-13-15(20-19(23-13)17-9-5-11-24-17)12-21-10-4-7-14-6-3-8-16(22-2)18(14)21/h3,5-6,8-9,11H,4,7,10,12H2,1-2H3. The zero-order valence-electron chi connectivity index (χ0n) is 13.9. The molecule has 0 spiro atoms. The third-order valence-electron chi connectivity index (χ3n) is 4.46. The Balaban J connectivity index is 1.66. The molecule has 0 fully saturated rings. The van der Waals surface area contributed by atoms with Crippen LogP contribution in [-0.4, -0.2) is 18.6 Å². The second-order valence-electron chi connectivity index (χ2n) is 5.99. The number of rotatable bonds is 4. The predicted molar refractivity (Wildman–Crippen MR) is 96.9 cm³/mol. The molecule has 1 aliphatic heterocycles. The number of ether oxygens (including phenoxy) is 1. The first kappa shape index (κ1) is 15.3. The first-order valence-electron chi connectivity index (χ1n) is 8.17. The van der Waals surface area contributed by atoms with Crippen LogP contribution >= 0.6 is 11.3 Å². The van der Waals surface area contributed by atoms with Gasteiger partial charge in [-0.15, -0.1) is 11.3 Å². The lowest BCUT2D eigenvalue weighted by molar-refractivity contribution is 0.412. The van der Waals surface area contributed by atoms with E-state index in [-0.39, 0.29) is 0 Å². The Bertz CT molecular complexity index is 825. The molecule has 0 unspecified atom stereocenters. The Morgan fingerprint density at radius 2 is 2.21 bits per heavy atom. The minimum atomic E-state index is 0.717. The van der Waals surface area contributed by atoms with Gasteiger partial charge in [0.15, 0.2) is 0 Å². The van der Waals surface area contributed by atoms with E-state index in [1.807, 2.05) is 30.5 Å². The summed E-state index contributed by atoms with van der Waals surface area (Å²) >= 11 is 1.65. The molecule has 24 heavy (non-hydrogen) atoms. The van der Waals surface area contributed by atoms with E-state index in [1.165, 1.54) is 11.3 Å². The van der Waals surface area contributed by atoms with Crippen LogP contribution in [0.4, 0.5) is 5.69 Å². The van der Waals surface area contributed by atoms with Crippen molar-refractivity contribution >= 4 is 17.0 Å². The predicted octanol–water partition coefficient (Wildman–Crippen LogP) is 4.67. The van der Waals surface area contributed by atoms with Crippen LogP contribution in [0, 0.1) is 6.92 Å². The van der Waals surface area contributed by atoms with Gasteiger partial charge in [0.2, 0.25) is 5.89 Å². The third-order valence-corrected chi connectivity index (χ3v) is 5.32. The van der Waals surface area contributed by atoms with E-state index in [1.54, 1.807) is 18.4 Å². The van der Waals surface area contributed by atoms with Crippen molar-refractivity contribution < 1.29 is 9.15 Å². The third kappa shape index (κ3) is 2.69. The van der Waals surface area contributed by atoms with E-state index >= 15 is 0 Å². The molecule has 124 valence electrons. The van der Waals surface area contributed by atoms with Gasteiger partial charge in [0.25, 0.3) is 0 Å². The first-order valence-corrected chi connectivity index (χ1v) is 9.05. The van der Waals surface area contributed by atoms with Crippen molar-refractivity contribution in [3.8, 4) is 16.5 Å². The smallest absolute Gasteiger partial charge is 0.236 e. The van der Waals surface area contributed by atoms with Gasteiger partial charge in [-0.05, 0) is 42.8 Å². The monoisotopic (exact) mass is 340 g/mol. The molecule has 1 aromatic carbocycles. The van der Waals surface area contributed by atoms with Gasteiger partial charge < -0.3 is 14.1 Å². The molecule has 1 aliphatic rings. The van der Waals surface area contributed by atoms with Crippen LogP contribution in [0.2, 0.25) is 0 Å². The SMILES string of the molecule is COc1cccc2c1N(Cc1nc(-c3cccs3)oc1C)CCC2. The van der Waals surface area contributed by atoms with Crippen molar-refractivity contribution in [3.05, 3.63) is 52.7 Å². The number of oxazole rings is 1. The molecule has 0 atom stereocenters. The summed E-state index contributed by atoms with van der Waals surface area (Å²) in [5.74, 6) is 2.54. The number of aromatic nitrogens is 1. The van der Waals surface area contributed by atoms with E-state index < -0.39 is 0 Å². The molecule has 0 aliphatic carbocycles. The van der Waals surface area contributed by atoms with Crippen molar-refractivity contribution in [2.24, 2.45) is 0 Å². The average Bonchev–Trinajstić information content (AvgIpc) is 3.25. The van der Waals surface area contributed by atoms with Crippen molar-refractivity contribution in [3.63, 3.8) is 0 Å². The molecule has 0 N–H and O–H groups in total. The van der Waals surface area contributed by atoms with Gasteiger partial charge in [-0.2, -0.15) is 0 Å². The molecule has 0 amide bonds. The zero-order valence-corrected chi connectivity index (χ0v) is 14.7. The van der Waals surface area contributed by atoms with Gasteiger partial charge in [-0.25, -0.2) is 4.98 Å². The Hall–Kier alpha value is -2.27. The summed E-state index contributed by atoms with van der Waals surface area (Å²) in [4.78, 5) is 8.17. The highest BCUT2D eigenvalue weighted by Gasteiger charge is 2.23. The molecule has 5 heteroatoms. The van der Waals surface area contributed by atoms with Crippen molar-refractivity contribution in [1.29, 1.82) is 0 Å². The van der Waals surface area contributed by atoms with Crippen LogP contribution in [-0.2, 0) is 13.0 Å². The molecule has 0 bridgehead atoms. The quantitative estimate of drug-likeness (QED) is 0.691. The normalized spacial score (nSPS) is 13.8. The van der Waals surface area contributed by atoms with Crippen molar-refractivity contribution in [2.45, 2.75) is 26.3 Å². The summed E-state index contributed by atoms with van der Waals surface area (Å²) in [6.45, 7) is 3.74. The minimum Gasteiger partial charge on any atom is -0.495 e. The highest BCUT2D eigenvalue weighted by molar-refractivity contribution is 7.13. The number of fused-ring (bicyclic) bond motifs is 1. The first-order chi connectivity index (χ1) is 11.8. The Morgan fingerprint density at radius 3 is 3.00 bits per heavy atom. The largest absolute Gasteiger partial charge is 0.495 e. The van der Waals surface area contributed by atoms with Crippen LogP contribution in [0.15, 0.2) is 40.1 Å². The summed E-state index contributed by atoms with van der Waals surface area (Å²) in [7, 11) is 1.73. The van der Waals surface area contributed by atoms with Crippen LogP contribution in [0.25, 0.3) is 10.8 Å². The van der Waals surface area contributed by atoms with Crippen LogP contribution in [0.1, 0.15) is 23.4 Å². The second-order valence-corrected chi connectivity index (χ2v) is 6.94. The fourth-order valence-corrected chi connectivity index (χ4v) is 3.93. The maximum atomic E-state index is 5.89. The number of methoxy groups -OCH3 is 1. The number of nitrogens with zero attached hydrogens (tertiary/aromatic N) is 2. The summed E-state index contributed by atoms with van der Waals surface area (Å²) < 4.78 is 11.5. The zero-order chi connectivity index (χ0) is 16.5. The summed E-state index contributed by atoms with van der Waals surface area (Å²) in [6, 6.07) is 10.3. The van der Waals surface area contributed by atoms with E-state index in [2.05, 4.69) is 17.0 Å². The second kappa shape index (κ2) is 6.32. The molecule has 3 heterocycles. The topological polar surface area (TPSA) is 38.5 Å².